The number of carbonyl (C=O) groups excluding carboxylic acids is 2. The third kappa shape index (κ3) is 5.38. The molecule has 0 aromatic rings. The van der Waals surface area contributed by atoms with Crippen molar-refractivity contribution in [3.8, 4) is 0 Å². The number of alkyl carbamates (subject to hydrolysis) is 1. The number of nitrogens with one attached hydrogen (secondary N) is 2. The SMILES string of the molecule is C[C@H](NC(=O)OC(C)(C)C)C(=O)NC1CCCC1. The molecule has 0 aromatic carbocycles. The van der Waals surface area contributed by atoms with Crippen LogP contribution in [0.3, 0.4) is 0 Å². The van der Waals surface area contributed by atoms with Crippen molar-refractivity contribution in [2.45, 2.75) is 71.1 Å². The van der Waals surface area contributed by atoms with Crippen LogP contribution in [0.1, 0.15) is 53.4 Å². The summed E-state index contributed by atoms with van der Waals surface area (Å²) in [6, 6.07) is -0.305. The highest BCUT2D eigenvalue weighted by molar-refractivity contribution is 5.85. The highest BCUT2D eigenvalue weighted by atomic mass is 16.6. The van der Waals surface area contributed by atoms with Gasteiger partial charge < -0.3 is 15.4 Å². The minimum Gasteiger partial charge on any atom is -0.444 e. The summed E-state index contributed by atoms with van der Waals surface area (Å²) in [6.07, 6.45) is 3.84. The van der Waals surface area contributed by atoms with Crippen molar-refractivity contribution in [1.29, 1.82) is 0 Å². The topological polar surface area (TPSA) is 67.4 Å². The molecule has 1 saturated carbocycles. The predicted molar refractivity (Wildman–Crippen MR) is 69.2 cm³/mol. The molecule has 2 amide bonds. The molecule has 18 heavy (non-hydrogen) atoms. The van der Waals surface area contributed by atoms with Gasteiger partial charge in [-0.2, -0.15) is 0 Å². The Morgan fingerprint density at radius 2 is 1.78 bits per heavy atom. The number of hydrogen-bond acceptors (Lipinski definition) is 3. The fraction of sp³-hybridized carbons (Fsp3) is 0.846. The molecule has 1 atom stereocenters. The molecule has 5 nitrogen and oxygen atoms in total. The van der Waals surface area contributed by atoms with Gasteiger partial charge in [0.15, 0.2) is 0 Å². The molecule has 0 bridgehead atoms. The molecule has 0 spiro atoms. The molecule has 0 radical (unpaired) electrons. The number of amides is 2. The Morgan fingerprint density at radius 3 is 2.28 bits per heavy atom. The smallest absolute Gasteiger partial charge is 0.408 e. The average Bonchev–Trinajstić information content (AvgIpc) is 2.66. The number of ether oxygens (including phenoxy) is 1. The van der Waals surface area contributed by atoms with Crippen LogP contribution in [0.2, 0.25) is 0 Å². The van der Waals surface area contributed by atoms with Gasteiger partial charge in [-0.25, -0.2) is 4.79 Å². The van der Waals surface area contributed by atoms with Crippen molar-refractivity contribution in [2.75, 3.05) is 0 Å². The van der Waals surface area contributed by atoms with Crippen LogP contribution in [-0.2, 0) is 9.53 Å². The Bertz CT molecular complexity index is 304. The van der Waals surface area contributed by atoms with Gasteiger partial charge in [0, 0.05) is 6.04 Å². The first kappa shape index (κ1) is 14.8. The normalized spacial score (nSPS) is 18.2. The van der Waals surface area contributed by atoms with Crippen molar-refractivity contribution in [2.24, 2.45) is 0 Å². The van der Waals surface area contributed by atoms with Crippen LogP contribution >= 0.6 is 0 Å². The number of carbonyl (C=O) groups is 2. The van der Waals surface area contributed by atoms with Gasteiger partial charge in [-0.1, -0.05) is 12.8 Å². The Kier molecular flexibility index (Phi) is 4.99. The van der Waals surface area contributed by atoms with Gasteiger partial charge in [-0.3, -0.25) is 4.79 Å². The van der Waals surface area contributed by atoms with Gasteiger partial charge in [-0.15, -0.1) is 0 Å². The maximum Gasteiger partial charge on any atom is 0.408 e. The zero-order valence-electron chi connectivity index (χ0n) is 11.7. The summed E-state index contributed by atoms with van der Waals surface area (Å²) in [5.41, 5.74) is -0.550. The van der Waals surface area contributed by atoms with E-state index in [0.29, 0.717) is 0 Å². The Morgan fingerprint density at radius 1 is 1.22 bits per heavy atom. The van der Waals surface area contributed by atoms with Crippen LogP contribution in [0.4, 0.5) is 4.79 Å². The number of hydrogen-bond donors (Lipinski definition) is 2. The zero-order chi connectivity index (χ0) is 13.8. The lowest BCUT2D eigenvalue weighted by Crippen LogP contribution is -2.48. The standard InChI is InChI=1S/C13H24N2O3/c1-9(14-12(17)18-13(2,3)4)11(16)15-10-7-5-6-8-10/h9-10H,5-8H2,1-4H3,(H,14,17)(H,15,16)/t9-/m0/s1. The molecule has 0 unspecified atom stereocenters. The lowest BCUT2D eigenvalue weighted by molar-refractivity contribution is -0.123. The average molecular weight is 256 g/mol. The van der Waals surface area contributed by atoms with Gasteiger partial charge in [0.1, 0.15) is 11.6 Å². The van der Waals surface area contributed by atoms with Crippen molar-refractivity contribution in [3.05, 3.63) is 0 Å². The Labute approximate surface area is 109 Å². The van der Waals surface area contributed by atoms with E-state index in [-0.39, 0.29) is 11.9 Å². The number of rotatable bonds is 3. The molecular weight excluding hydrogens is 232 g/mol. The van der Waals surface area contributed by atoms with E-state index in [1.54, 1.807) is 27.7 Å². The minimum absolute atomic E-state index is 0.146. The minimum atomic E-state index is -0.569. The molecule has 1 rings (SSSR count). The third-order valence-corrected chi connectivity index (χ3v) is 2.83. The van der Waals surface area contributed by atoms with E-state index in [9.17, 15) is 9.59 Å². The maximum atomic E-state index is 11.8. The lowest BCUT2D eigenvalue weighted by Gasteiger charge is -2.22. The van der Waals surface area contributed by atoms with Gasteiger partial charge in [0.05, 0.1) is 0 Å². The first-order valence-corrected chi connectivity index (χ1v) is 6.58. The van der Waals surface area contributed by atoms with Gasteiger partial charge in [-0.05, 0) is 40.5 Å². The Balaban J connectivity index is 2.32. The summed E-state index contributed by atoms with van der Waals surface area (Å²) < 4.78 is 5.10. The highest BCUT2D eigenvalue weighted by Gasteiger charge is 2.23. The summed E-state index contributed by atoms with van der Waals surface area (Å²) in [5, 5.41) is 5.47. The van der Waals surface area contributed by atoms with E-state index in [0.717, 1.165) is 12.8 Å². The van der Waals surface area contributed by atoms with E-state index in [1.165, 1.54) is 12.8 Å². The summed E-state index contributed by atoms with van der Waals surface area (Å²) in [5.74, 6) is -0.146. The fourth-order valence-corrected chi connectivity index (χ4v) is 1.95. The second kappa shape index (κ2) is 6.07. The quantitative estimate of drug-likeness (QED) is 0.811. The van der Waals surface area contributed by atoms with Crippen molar-refractivity contribution in [1.82, 2.24) is 10.6 Å². The van der Waals surface area contributed by atoms with Crippen LogP contribution in [0.15, 0.2) is 0 Å². The molecule has 2 N–H and O–H groups in total. The fourth-order valence-electron chi connectivity index (χ4n) is 1.95. The highest BCUT2D eigenvalue weighted by Crippen LogP contribution is 2.17. The van der Waals surface area contributed by atoms with Crippen LogP contribution in [0.5, 0.6) is 0 Å². The van der Waals surface area contributed by atoms with Gasteiger partial charge in [0.25, 0.3) is 0 Å². The van der Waals surface area contributed by atoms with Crippen molar-refractivity contribution < 1.29 is 14.3 Å². The summed E-state index contributed by atoms with van der Waals surface area (Å²) in [7, 11) is 0. The van der Waals surface area contributed by atoms with E-state index in [2.05, 4.69) is 10.6 Å². The Hall–Kier alpha value is -1.26. The largest absolute Gasteiger partial charge is 0.444 e. The third-order valence-electron chi connectivity index (χ3n) is 2.83. The monoisotopic (exact) mass is 256 g/mol. The predicted octanol–water partition coefficient (Wildman–Crippen LogP) is 1.96. The molecule has 1 aliphatic carbocycles. The first-order valence-electron chi connectivity index (χ1n) is 6.58. The van der Waals surface area contributed by atoms with Crippen LogP contribution < -0.4 is 10.6 Å². The molecule has 1 aliphatic rings. The summed E-state index contributed by atoms with van der Waals surface area (Å²) in [4.78, 5) is 23.3. The summed E-state index contributed by atoms with van der Waals surface area (Å²) >= 11 is 0. The molecule has 104 valence electrons. The molecule has 0 saturated heterocycles. The van der Waals surface area contributed by atoms with Crippen LogP contribution in [-0.4, -0.2) is 29.7 Å². The molecule has 0 heterocycles. The lowest BCUT2D eigenvalue weighted by atomic mass is 10.2. The van der Waals surface area contributed by atoms with Crippen molar-refractivity contribution >= 4 is 12.0 Å². The molecule has 1 fully saturated rings. The molecule has 5 heteroatoms. The molecular formula is C13H24N2O3. The van der Waals surface area contributed by atoms with Crippen molar-refractivity contribution in [3.63, 3.8) is 0 Å². The van der Waals surface area contributed by atoms with E-state index in [1.807, 2.05) is 0 Å². The van der Waals surface area contributed by atoms with Gasteiger partial charge >= 0.3 is 6.09 Å². The van der Waals surface area contributed by atoms with Crippen LogP contribution in [0.25, 0.3) is 0 Å². The van der Waals surface area contributed by atoms with Crippen LogP contribution in [0, 0.1) is 0 Å². The second-order valence-electron chi connectivity index (χ2n) is 5.86. The van der Waals surface area contributed by atoms with E-state index in [4.69, 9.17) is 4.74 Å². The summed E-state index contributed by atoms with van der Waals surface area (Å²) in [6.45, 7) is 7.02. The zero-order valence-corrected chi connectivity index (χ0v) is 11.7. The first-order chi connectivity index (χ1) is 8.28. The van der Waals surface area contributed by atoms with E-state index >= 15 is 0 Å². The van der Waals surface area contributed by atoms with E-state index < -0.39 is 17.7 Å². The maximum absolute atomic E-state index is 11.8. The second-order valence-corrected chi connectivity index (χ2v) is 5.86. The van der Waals surface area contributed by atoms with Gasteiger partial charge in [0.2, 0.25) is 5.91 Å². The molecule has 0 aromatic heterocycles. The molecule has 0 aliphatic heterocycles.